The third-order valence-electron chi connectivity index (χ3n) is 5.11. The number of halogens is 1. The number of hydrogen-bond donors (Lipinski definition) is 1. The third-order valence-corrected chi connectivity index (χ3v) is 5.11. The Kier molecular flexibility index (Phi) is 6.08. The Morgan fingerprint density at radius 1 is 1.11 bits per heavy atom. The number of benzene rings is 1. The van der Waals surface area contributed by atoms with E-state index in [1.807, 2.05) is 25.8 Å². The second-order valence-electron chi connectivity index (χ2n) is 7.15. The maximum absolute atomic E-state index is 13.1. The highest BCUT2D eigenvalue weighted by atomic mass is 19.1. The molecule has 150 valence electrons. The summed E-state index contributed by atoms with van der Waals surface area (Å²) in [5.41, 5.74) is 2.95. The van der Waals surface area contributed by atoms with E-state index in [1.165, 1.54) is 24.3 Å². The van der Waals surface area contributed by atoms with Gasteiger partial charge in [-0.25, -0.2) is 4.39 Å². The van der Waals surface area contributed by atoms with Crippen molar-refractivity contribution in [2.45, 2.75) is 20.3 Å². The molecule has 1 aliphatic heterocycles. The van der Waals surface area contributed by atoms with Gasteiger partial charge in [0.1, 0.15) is 5.82 Å². The molecule has 0 spiro atoms. The molecule has 0 unspecified atom stereocenters. The molecule has 0 atom stereocenters. The van der Waals surface area contributed by atoms with E-state index in [4.69, 9.17) is 0 Å². The molecule has 3 rings (SSSR count). The number of anilines is 1. The highest BCUT2D eigenvalue weighted by Gasteiger charge is 2.22. The molecule has 2 amide bonds. The zero-order valence-electron chi connectivity index (χ0n) is 16.5. The van der Waals surface area contributed by atoms with Gasteiger partial charge in [-0.3, -0.25) is 19.2 Å². The van der Waals surface area contributed by atoms with Gasteiger partial charge in [-0.2, -0.15) is 5.10 Å². The van der Waals surface area contributed by atoms with Crippen molar-refractivity contribution in [2.24, 2.45) is 7.05 Å². The number of aryl methyl sites for hydroxylation is 2. The molecule has 7 nitrogen and oxygen atoms in total. The van der Waals surface area contributed by atoms with Crippen LogP contribution in [-0.2, 0) is 11.8 Å². The molecule has 8 heteroatoms. The van der Waals surface area contributed by atoms with Crippen molar-refractivity contribution >= 4 is 17.5 Å². The monoisotopic (exact) mass is 387 g/mol. The van der Waals surface area contributed by atoms with Gasteiger partial charge < -0.3 is 10.2 Å². The first kappa shape index (κ1) is 20.0. The molecular weight excluding hydrogens is 361 g/mol. The fraction of sp³-hybridized carbons (Fsp3) is 0.450. The zero-order valence-corrected chi connectivity index (χ0v) is 16.5. The lowest BCUT2D eigenvalue weighted by molar-refractivity contribution is -0.117. The third kappa shape index (κ3) is 4.56. The molecule has 2 heterocycles. The van der Waals surface area contributed by atoms with Crippen LogP contribution in [0.1, 0.15) is 28.2 Å². The maximum atomic E-state index is 13.1. The van der Waals surface area contributed by atoms with Crippen LogP contribution in [0.4, 0.5) is 10.1 Å². The van der Waals surface area contributed by atoms with Crippen molar-refractivity contribution < 1.29 is 14.0 Å². The molecule has 1 aromatic carbocycles. The summed E-state index contributed by atoms with van der Waals surface area (Å²) in [7, 11) is 1.85. The van der Waals surface area contributed by atoms with Crippen LogP contribution in [0.5, 0.6) is 0 Å². The first-order valence-electron chi connectivity index (χ1n) is 9.42. The van der Waals surface area contributed by atoms with Gasteiger partial charge in [0.05, 0.1) is 23.6 Å². The van der Waals surface area contributed by atoms with Gasteiger partial charge in [0, 0.05) is 38.8 Å². The summed E-state index contributed by atoms with van der Waals surface area (Å²) < 4.78 is 14.8. The number of hydrogen-bond acceptors (Lipinski definition) is 4. The number of aromatic nitrogens is 2. The fourth-order valence-corrected chi connectivity index (χ4v) is 3.44. The Bertz CT molecular complexity index is 862. The Hall–Kier alpha value is -2.74. The van der Waals surface area contributed by atoms with Crippen LogP contribution >= 0.6 is 0 Å². The van der Waals surface area contributed by atoms with Crippen LogP contribution in [0.15, 0.2) is 24.3 Å². The second kappa shape index (κ2) is 8.52. The molecule has 1 aliphatic rings. The van der Waals surface area contributed by atoms with Gasteiger partial charge in [-0.1, -0.05) is 0 Å². The lowest BCUT2D eigenvalue weighted by Gasteiger charge is -2.22. The highest BCUT2D eigenvalue weighted by molar-refractivity contribution is 5.94. The summed E-state index contributed by atoms with van der Waals surface area (Å²) in [6, 6.07) is 5.60. The number of carbonyl (C=O) groups excluding carboxylic acids is 2. The Morgan fingerprint density at radius 2 is 1.82 bits per heavy atom. The maximum Gasteiger partial charge on any atom is 0.253 e. The van der Waals surface area contributed by atoms with Crippen molar-refractivity contribution in [1.29, 1.82) is 0 Å². The summed E-state index contributed by atoms with van der Waals surface area (Å²) in [6.07, 6.45) is 0.783. The topological polar surface area (TPSA) is 70.5 Å². The van der Waals surface area contributed by atoms with Crippen LogP contribution in [0, 0.1) is 19.7 Å². The van der Waals surface area contributed by atoms with Crippen LogP contribution in [0.3, 0.4) is 0 Å². The number of nitrogens with one attached hydrogen (secondary N) is 1. The predicted octanol–water partition coefficient (Wildman–Crippen LogP) is 1.96. The second-order valence-corrected chi connectivity index (χ2v) is 7.15. The fourth-order valence-electron chi connectivity index (χ4n) is 3.44. The number of amides is 2. The Morgan fingerprint density at radius 3 is 2.46 bits per heavy atom. The van der Waals surface area contributed by atoms with E-state index in [0.29, 0.717) is 25.2 Å². The standard InChI is InChI=1S/C20H26FN5O2/c1-14-19(15(2)24(3)23-14)22-18(27)13-25-9-4-10-26(12-11-25)20(28)16-5-7-17(21)8-6-16/h5-8H,4,9-13H2,1-3H3,(H,22,27). The molecule has 0 bridgehead atoms. The van der Waals surface area contributed by atoms with Crippen molar-refractivity contribution in [3.8, 4) is 0 Å². The van der Waals surface area contributed by atoms with Crippen LogP contribution in [0.25, 0.3) is 0 Å². The molecule has 1 aromatic heterocycles. The van der Waals surface area contributed by atoms with Crippen LogP contribution < -0.4 is 5.32 Å². The first-order chi connectivity index (χ1) is 13.3. The van der Waals surface area contributed by atoms with E-state index < -0.39 is 0 Å². The van der Waals surface area contributed by atoms with Gasteiger partial charge in [0.15, 0.2) is 0 Å². The average molecular weight is 387 g/mol. The van der Waals surface area contributed by atoms with Crippen molar-refractivity contribution in [1.82, 2.24) is 19.6 Å². The molecule has 1 fully saturated rings. The van der Waals surface area contributed by atoms with E-state index in [9.17, 15) is 14.0 Å². The van der Waals surface area contributed by atoms with Crippen molar-refractivity contribution in [3.63, 3.8) is 0 Å². The van der Waals surface area contributed by atoms with E-state index in [-0.39, 0.29) is 24.2 Å². The normalized spacial score (nSPS) is 15.4. The van der Waals surface area contributed by atoms with Gasteiger partial charge in [-0.15, -0.1) is 0 Å². The minimum absolute atomic E-state index is 0.0856. The summed E-state index contributed by atoms with van der Waals surface area (Å²) in [5.74, 6) is -0.547. The van der Waals surface area contributed by atoms with Gasteiger partial charge in [0.2, 0.25) is 5.91 Å². The van der Waals surface area contributed by atoms with Crippen LogP contribution in [-0.4, -0.2) is 64.1 Å². The predicted molar refractivity (Wildman–Crippen MR) is 105 cm³/mol. The molecule has 28 heavy (non-hydrogen) atoms. The Labute approximate surface area is 164 Å². The molecule has 0 aliphatic carbocycles. The highest BCUT2D eigenvalue weighted by Crippen LogP contribution is 2.18. The number of nitrogens with zero attached hydrogens (tertiary/aromatic N) is 4. The molecule has 2 aromatic rings. The largest absolute Gasteiger partial charge is 0.337 e. The van der Waals surface area contributed by atoms with E-state index in [0.717, 1.165) is 30.0 Å². The van der Waals surface area contributed by atoms with E-state index in [1.54, 1.807) is 9.58 Å². The van der Waals surface area contributed by atoms with Gasteiger partial charge in [0.25, 0.3) is 5.91 Å². The van der Waals surface area contributed by atoms with Crippen molar-refractivity contribution in [2.75, 3.05) is 38.0 Å². The minimum Gasteiger partial charge on any atom is -0.337 e. The average Bonchev–Trinajstić information content (AvgIpc) is 2.83. The van der Waals surface area contributed by atoms with Crippen molar-refractivity contribution in [3.05, 3.63) is 47.0 Å². The lowest BCUT2D eigenvalue weighted by Crippen LogP contribution is -2.38. The van der Waals surface area contributed by atoms with Crippen LogP contribution in [0.2, 0.25) is 0 Å². The molecular formula is C20H26FN5O2. The SMILES string of the molecule is Cc1nn(C)c(C)c1NC(=O)CN1CCCN(C(=O)c2ccc(F)cc2)CC1. The minimum atomic E-state index is -0.358. The van der Waals surface area contributed by atoms with E-state index in [2.05, 4.69) is 10.4 Å². The number of carbonyl (C=O) groups is 2. The molecule has 0 saturated carbocycles. The Balaban J connectivity index is 1.55. The molecule has 0 radical (unpaired) electrons. The molecule has 1 saturated heterocycles. The van der Waals surface area contributed by atoms with Gasteiger partial charge >= 0.3 is 0 Å². The number of rotatable bonds is 4. The smallest absolute Gasteiger partial charge is 0.253 e. The van der Waals surface area contributed by atoms with Gasteiger partial charge in [-0.05, 0) is 44.5 Å². The quantitative estimate of drug-likeness (QED) is 0.871. The van der Waals surface area contributed by atoms with E-state index >= 15 is 0 Å². The summed E-state index contributed by atoms with van der Waals surface area (Å²) in [6.45, 7) is 6.57. The zero-order chi connectivity index (χ0) is 20.3. The summed E-state index contributed by atoms with van der Waals surface area (Å²) in [4.78, 5) is 28.9. The summed E-state index contributed by atoms with van der Waals surface area (Å²) in [5, 5.41) is 7.26. The summed E-state index contributed by atoms with van der Waals surface area (Å²) >= 11 is 0. The molecule has 1 N–H and O–H groups in total. The lowest BCUT2D eigenvalue weighted by atomic mass is 10.2. The first-order valence-corrected chi connectivity index (χ1v) is 9.42.